The molecular formula is C14H27N5. The molecule has 1 aliphatic carbocycles. The Labute approximate surface area is 116 Å². The highest BCUT2D eigenvalue weighted by molar-refractivity contribution is 4.93. The monoisotopic (exact) mass is 265 g/mol. The Hall–Kier alpha value is -0.940. The predicted octanol–water partition coefficient (Wildman–Crippen LogP) is 1.64. The van der Waals surface area contributed by atoms with Gasteiger partial charge >= 0.3 is 0 Å². The van der Waals surface area contributed by atoms with Crippen molar-refractivity contribution in [2.45, 2.75) is 58.7 Å². The topological polar surface area (TPSA) is 60.0 Å². The molecule has 0 amide bonds. The molecule has 1 aromatic heterocycles. The lowest BCUT2D eigenvalue weighted by Crippen LogP contribution is -2.36. The first-order valence-corrected chi connectivity index (χ1v) is 7.29. The molecule has 0 aliphatic heterocycles. The van der Waals surface area contributed by atoms with E-state index in [9.17, 15) is 0 Å². The van der Waals surface area contributed by atoms with Crippen molar-refractivity contribution in [2.75, 3.05) is 13.6 Å². The molecule has 19 heavy (non-hydrogen) atoms. The molecule has 1 fully saturated rings. The Balaban J connectivity index is 1.85. The molecule has 0 spiro atoms. The van der Waals surface area contributed by atoms with E-state index >= 15 is 0 Å². The normalized spacial score (nSPS) is 20.1. The van der Waals surface area contributed by atoms with Crippen LogP contribution in [0.25, 0.3) is 0 Å². The summed E-state index contributed by atoms with van der Waals surface area (Å²) >= 11 is 0. The molecule has 1 saturated carbocycles. The highest BCUT2D eigenvalue weighted by Crippen LogP contribution is 2.36. The molecule has 1 aromatic rings. The molecular weight excluding hydrogens is 238 g/mol. The maximum atomic E-state index is 5.51. The summed E-state index contributed by atoms with van der Waals surface area (Å²) in [5.74, 6) is 0. The third kappa shape index (κ3) is 4.01. The van der Waals surface area contributed by atoms with Gasteiger partial charge in [0.1, 0.15) is 0 Å². The van der Waals surface area contributed by atoms with Gasteiger partial charge < -0.3 is 5.73 Å². The summed E-state index contributed by atoms with van der Waals surface area (Å²) in [6, 6.07) is 0.688. The van der Waals surface area contributed by atoms with Crippen molar-refractivity contribution in [3.8, 4) is 0 Å². The Morgan fingerprint density at radius 2 is 2.11 bits per heavy atom. The third-order valence-electron chi connectivity index (χ3n) is 4.29. The van der Waals surface area contributed by atoms with E-state index in [1.807, 2.05) is 10.9 Å². The minimum atomic E-state index is 0.529. The summed E-state index contributed by atoms with van der Waals surface area (Å²) in [5, 5.41) is 8.30. The number of aromatic nitrogens is 3. The fourth-order valence-electron chi connectivity index (χ4n) is 2.86. The van der Waals surface area contributed by atoms with Crippen LogP contribution in [0.3, 0.4) is 0 Å². The quantitative estimate of drug-likeness (QED) is 0.879. The first kappa shape index (κ1) is 14.5. The fourth-order valence-corrected chi connectivity index (χ4v) is 2.86. The summed E-state index contributed by atoms with van der Waals surface area (Å²) < 4.78 is 1.83. The number of nitrogens with two attached hydrogens (primary N) is 1. The van der Waals surface area contributed by atoms with Crippen LogP contribution in [0.1, 0.15) is 45.2 Å². The van der Waals surface area contributed by atoms with E-state index in [4.69, 9.17) is 5.73 Å². The first-order valence-electron chi connectivity index (χ1n) is 7.29. The zero-order valence-corrected chi connectivity index (χ0v) is 12.5. The summed E-state index contributed by atoms with van der Waals surface area (Å²) in [5.41, 5.74) is 7.09. The van der Waals surface area contributed by atoms with Crippen molar-refractivity contribution in [2.24, 2.45) is 11.1 Å². The smallest absolute Gasteiger partial charge is 0.0967 e. The molecule has 0 radical (unpaired) electrons. The third-order valence-corrected chi connectivity index (χ3v) is 4.29. The Morgan fingerprint density at radius 3 is 2.74 bits per heavy atom. The van der Waals surface area contributed by atoms with Gasteiger partial charge in [-0.1, -0.05) is 19.1 Å². The minimum absolute atomic E-state index is 0.529. The van der Waals surface area contributed by atoms with Gasteiger partial charge in [-0.2, -0.15) is 0 Å². The van der Waals surface area contributed by atoms with Gasteiger partial charge in [-0.3, -0.25) is 9.58 Å². The molecule has 2 rings (SSSR count). The van der Waals surface area contributed by atoms with Crippen LogP contribution in [0.15, 0.2) is 6.20 Å². The van der Waals surface area contributed by atoms with Crippen molar-refractivity contribution < 1.29 is 0 Å². The number of nitrogens with zero attached hydrogens (tertiary/aromatic N) is 4. The van der Waals surface area contributed by atoms with Gasteiger partial charge in [-0.05, 0) is 38.1 Å². The summed E-state index contributed by atoms with van der Waals surface area (Å²) in [6.07, 6.45) is 7.24. The van der Waals surface area contributed by atoms with Crippen LogP contribution in [0.5, 0.6) is 0 Å². The molecule has 0 atom stereocenters. The van der Waals surface area contributed by atoms with Crippen LogP contribution in [-0.4, -0.2) is 39.5 Å². The van der Waals surface area contributed by atoms with Gasteiger partial charge in [0.25, 0.3) is 0 Å². The molecule has 1 heterocycles. The number of hydrogen-bond acceptors (Lipinski definition) is 4. The predicted molar refractivity (Wildman–Crippen MR) is 76.6 cm³/mol. The second-order valence-corrected chi connectivity index (χ2v) is 6.57. The van der Waals surface area contributed by atoms with E-state index in [1.165, 1.54) is 25.7 Å². The maximum Gasteiger partial charge on any atom is 0.0967 e. The van der Waals surface area contributed by atoms with Crippen molar-refractivity contribution >= 4 is 0 Å². The average molecular weight is 265 g/mol. The van der Waals surface area contributed by atoms with E-state index in [0.717, 1.165) is 18.8 Å². The van der Waals surface area contributed by atoms with Gasteiger partial charge in [0, 0.05) is 25.3 Å². The molecule has 5 nitrogen and oxygen atoms in total. The molecule has 0 aromatic carbocycles. The van der Waals surface area contributed by atoms with Crippen LogP contribution in [0.4, 0.5) is 0 Å². The van der Waals surface area contributed by atoms with E-state index in [0.29, 0.717) is 18.0 Å². The summed E-state index contributed by atoms with van der Waals surface area (Å²) in [4.78, 5) is 2.42. The Bertz CT molecular complexity index is 388. The lowest BCUT2D eigenvalue weighted by molar-refractivity contribution is 0.122. The molecule has 0 bridgehead atoms. The second-order valence-electron chi connectivity index (χ2n) is 6.57. The van der Waals surface area contributed by atoms with Gasteiger partial charge in [-0.15, -0.1) is 5.10 Å². The average Bonchev–Trinajstić information content (AvgIpc) is 2.77. The molecule has 2 N–H and O–H groups in total. The lowest BCUT2D eigenvalue weighted by atomic mass is 9.75. The van der Waals surface area contributed by atoms with E-state index in [-0.39, 0.29) is 0 Å². The highest BCUT2D eigenvalue weighted by atomic mass is 15.4. The molecule has 1 aliphatic rings. The lowest BCUT2D eigenvalue weighted by Gasteiger charge is -2.38. The zero-order valence-electron chi connectivity index (χ0n) is 12.5. The van der Waals surface area contributed by atoms with Gasteiger partial charge in [0.05, 0.1) is 12.2 Å². The van der Waals surface area contributed by atoms with Crippen LogP contribution in [0.2, 0.25) is 0 Å². The second kappa shape index (κ2) is 6.01. The molecule has 0 unspecified atom stereocenters. The minimum Gasteiger partial charge on any atom is -0.329 e. The Kier molecular flexibility index (Phi) is 4.58. The van der Waals surface area contributed by atoms with Crippen molar-refractivity contribution in [3.05, 3.63) is 11.9 Å². The summed E-state index contributed by atoms with van der Waals surface area (Å²) in [6.45, 7) is 6.99. The first-order chi connectivity index (χ1) is 9.00. The van der Waals surface area contributed by atoms with Crippen LogP contribution in [-0.2, 0) is 13.1 Å². The standard InChI is InChI=1S/C14H27N5/c1-14(2)6-4-13(5-7-14)18(3)10-12-11-19(9-8-15)17-16-12/h11,13H,4-10,15H2,1-3H3. The molecule has 0 saturated heterocycles. The van der Waals surface area contributed by atoms with Crippen LogP contribution in [0, 0.1) is 5.41 Å². The van der Waals surface area contributed by atoms with Gasteiger partial charge in [-0.25, -0.2) is 0 Å². The molecule has 108 valence electrons. The maximum absolute atomic E-state index is 5.51. The Morgan fingerprint density at radius 1 is 1.42 bits per heavy atom. The molecule has 5 heteroatoms. The summed E-state index contributed by atoms with van der Waals surface area (Å²) in [7, 11) is 2.20. The largest absolute Gasteiger partial charge is 0.329 e. The number of rotatable bonds is 5. The van der Waals surface area contributed by atoms with Gasteiger partial charge in [0.2, 0.25) is 0 Å². The zero-order chi connectivity index (χ0) is 13.9. The van der Waals surface area contributed by atoms with Crippen molar-refractivity contribution in [3.63, 3.8) is 0 Å². The highest BCUT2D eigenvalue weighted by Gasteiger charge is 2.28. The number of hydrogen-bond donors (Lipinski definition) is 1. The van der Waals surface area contributed by atoms with E-state index in [2.05, 4.69) is 36.1 Å². The van der Waals surface area contributed by atoms with Crippen LogP contribution >= 0.6 is 0 Å². The fraction of sp³-hybridized carbons (Fsp3) is 0.857. The van der Waals surface area contributed by atoms with Crippen molar-refractivity contribution in [1.82, 2.24) is 19.9 Å². The van der Waals surface area contributed by atoms with Crippen LogP contribution < -0.4 is 5.73 Å². The van der Waals surface area contributed by atoms with Gasteiger partial charge in [0.15, 0.2) is 0 Å². The van der Waals surface area contributed by atoms with E-state index < -0.39 is 0 Å². The van der Waals surface area contributed by atoms with E-state index in [1.54, 1.807) is 0 Å². The SMILES string of the molecule is CN(Cc1cn(CCN)nn1)C1CCC(C)(C)CC1. The van der Waals surface area contributed by atoms with Crippen molar-refractivity contribution in [1.29, 1.82) is 0 Å².